The van der Waals surface area contributed by atoms with Gasteiger partial charge in [0.1, 0.15) is 6.73 Å². The molecule has 4 rings (SSSR count). The van der Waals surface area contributed by atoms with Gasteiger partial charge >= 0.3 is 0 Å². The monoisotopic (exact) mass is 465 g/mol. The topological polar surface area (TPSA) is 71.5 Å². The molecule has 0 unspecified atom stereocenters. The summed E-state index contributed by atoms with van der Waals surface area (Å²) < 4.78 is 5.65. The number of imide groups is 1. The van der Waals surface area contributed by atoms with Crippen LogP contribution in [0.5, 0.6) is 0 Å². The third kappa shape index (κ3) is 5.89. The molecule has 0 atom stereocenters. The number of anilines is 1. The quantitative estimate of drug-likeness (QED) is 0.294. The number of rotatable bonds is 9. The van der Waals surface area contributed by atoms with E-state index < -0.39 is 8.07 Å². The van der Waals surface area contributed by atoms with E-state index in [1.54, 1.807) is 12.1 Å². The molecule has 6 nitrogen and oxygen atoms in total. The van der Waals surface area contributed by atoms with Crippen molar-refractivity contribution in [3.05, 3.63) is 58.9 Å². The SMILES string of the molecule is C[Si](C)(C)CCOCN1C(=O)c2ccc(NCc3ccc(C4CCCCC4)cn3)cc2C1=O. The van der Waals surface area contributed by atoms with Crippen LogP contribution in [0.1, 0.15) is 70.0 Å². The fourth-order valence-electron chi connectivity index (χ4n) is 4.46. The molecular weight excluding hydrogens is 430 g/mol. The van der Waals surface area contributed by atoms with Crippen molar-refractivity contribution in [1.29, 1.82) is 0 Å². The summed E-state index contributed by atoms with van der Waals surface area (Å²) in [6.07, 6.45) is 8.52. The van der Waals surface area contributed by atoms with Gasteiger partial charge in [-0.1, -0.05) is 45.0 Å². The number of aromatic nitrogens is 1. The lowest BCUT2D eigenvalue weighted by Gasteiger charge is -2.21. The Morgan fingerprint density at radius 3 is 2.48 bits per heavy atom. The van der Waals surface area contributed by atoms with Crippen LogP contribution in [0.25, 0.3) is 0 Å². The Kier molecular flexibility index (Phi) is 7.29. The number of hydrogen-bond donors (Lipinski definition) is 1. The van der Waals surface area contributed by atoms with Gasteiger partial charge < -0.3 is 10.1 Å². The highest BCUT2D eigenvalue weighted by atomic mass is 28.3. The van der Waals surface area contributed by atoms with E-state index in [0.29, 0.717) is 30.2 Å². The zero-order chi connectivity index (χ0) is 23.4. The van der Waals surface area contributed by atoms with Crippen LogP contribution in [0.3, 0.4) is 0 Å². The predicted molar refractivity (Wildman–Crippen MR) is 133 cm³/mol. The lowest BCUT2D eigenvalue weighted by molar-refractivity contribution is 0.0288. The fourth-order valence-corrected chi connectivity index (χ4v) is 5.22. The van der Waals surface area contributed by atoms with Crippen molar-refractivity contribution in [2.75, 3.05) is 18.7 Å². The van der Waals surface area contributed by atoms with E-state index in [0.717, 1.165) is 17.4 Å². The number of hydrogen-bond acceptors (Lipinski definition) is 5. The summed E-state index contributed by atoms with van der Waals surface area (Å²) in [7, 11) is -1.22. The Balaban J connectivity index is 1.33. The molecule has 2 heterocycles. The van der Waals surface area contributed by atoms with Crippen LogP contribution in [-0.2, 0) is 11.3 Å². The second kappa shape index (κ2) is 10.2. The lowest BCUT2D eigenvalue weighted by atomic mass is 9.85. The normalized spacial score (nSPS) is 16.9. The number of benzene rings is 1. The molecule has 1 aromatic heterocycles. The largest absolute Gasteiger partial charge is 0.379 e. The zero-order valence-electron chi connectivity index (χ0n) is 20.0. The third-order valence-electron chi connectivity index (χ3n) is 6.59. The highest BCUT2D eigenvalue weighted by Gasteiger charge is 2.35. The van der Waals surface area contributed by atoms with E-state index in [9.17, 15) is 9.59 Å². The molecule has 7 heteroatoms. The molecule has 1 fully saturated rings. The molecule has 0 saturated heterocycles. The number of amides is 2. The second-order valence-electron chi connectivity index (χ2n) is 10.4. The Morgan fingerprint density at radius 2 is 1.79 bits per heavy atom. The maximum Gasteiger partial charge on any atom is 0.263 e. The van der Waals surface area contributed by atoms with Gasteiger partial charge in [0.05, 0.1) is 23.4 Å². The van der Waals surface area contributed by atoms with Gasteiger partial charge in [-0.3, -0.25) is 14.6 Å². The van der Waals surface area contributed by atoms with Crippen molar-refractivity contribution in [2.45, 2.75) is 70.3 Å². The number of pyridine rings is 1. The average Bonchev–Trinajstić information content (AvgIpc) is 3.05. The highest BCUT2D eigenvalue weighted by Crippen LogP contribution is 2.32. The molecule has 2 aliphatic rings. The van der Waals surface area contributed by atoms with Crippen LogP contribution >= 0.6 is 0 Å². The zero-order valence-corrected chi connectivity index (χ0v) is 21.0. The van der Waals surface area contributed by atoms with Crippen LogP contribution in [-0.4, -0.2) is 43.1 Å². The van der Waals surface area contributed by atoms with E-state index in [2.05, 4.69) is 42.1 Å². The minimum atomic E-state index is -1.22. The van der Waals surface area contributed by atoms with Crippen LogP contribution in [0, 0.1) is 0 Å². The Labute approximate surface area is 197 Å². The highest BCUT2D eigenvalue weighted by molar-refractivity contribution is 6.76. The van der Waals surface area contributed by atoms with Crippen LogP contribution in [0.4, 0.5) is 5.69 Å². The molecule has 1 aromatic carbocycles. The molecule has 1 aliphatic heterocycles. The Bertz CT molecular complexity index is 995. The van der Waals surface area contributed by atoms with E-state index >= 15 is 0 Å². The molecule has 0 spiro atoms. The number of nitrogens with zero attached hydrogens (tertiary/aromatic N) is 2. The number of carbonyl (C=O) groups is 2. The van der Waals surface area contributed by atoms with Gasteiger partial charge in [-0.25, -0.2) is 4.90 Å². The lowest BCUT2D eigenvalue weighted by Crippen LogP contribution is -2.33. The first-order chi connectivity index (χ1) is 15.8. The number of nitrogens with one attached hydrogen (secondary N) is 1. The van der Waals surface area contributed by atoms with Crippen LogP contribution < -0.4 is 5.32 Å². The van der Waals surface area contributed by atoms with Gasteiger partial charge in [0.2, 0.25) is 0 Å². The summed E-state index contributed by atoms with van der Waals surface area (Å²) in [5, 5.41) is 3.34. The molecule has 176 valence electrons. The summed E-state index contributed by atoms with van der Waals surface area (Å²) in [5.74, 6) is 0.0760. The molecule has 33 heavy (non-hydrogen) atoms. The van der Waals surface area contributed by atoms with Crippen LogP contribution in [0.2, 0.25) is 25.7 Å². The number of ether oxygens (including phenoxy) is 1. The van der Waals surface area contributed by atoms with Gasteiger partial charge in [-0.2, -0.15) is 0 Å². The van der Waals surface area contributed by atoms with E-state index in [1.807, 2.05) is 12.3 Å². The third-order valence-corrected chi connectivity index (χ3v) is 8.29. The van der Waals surface area contributed by atoms with Crippen LogP contribution in [0.15, 0.2) is 36.5 Å². The van der Waals surface area contributed by atoms with Crippen molar-refractivity contribution in [1.82, 2.24) is 9.88 Å². The predicted octanol–water partition coefficient (Wildman–Crippen LogP) is 5.65. The minimum Gasteiger partial charge on any atom is -0.379 e. The average molecular weight is 466 g/mol. The van der Waals surface area contributed by atoms with Crippen molar-refractivity contribution in [3.63, 3.8) is 0 Å². The smallest absolute Gasteiger partial charge is 0.263 e. The molecule has 2 aromatic rings. The molecule has 0 bridgehead atoms. The van der Waals surface area contributed by atoms with E-state index in [1.165, 1.54) is 42.6 Å². The Hall–Kier alpha value is -2.51. The summed E-state index contributed by atoms with van der Waals surface area (Å²) in [5.41, 5.74) is 3.96. The van der Waals surface area contributed by atoms with Crippen molar-refractivity contribution >= 4 is 25.6 Å². The summed E-state index contributed by atoms with van der Waals surface area (Å²) in [6.45, 7) is 7.96. The number of carbonyl (C=O) groups excluding carboxylic acids is 2. The molecule has 2 amide bonds. The van der Waals surface area contributed by atoms with Gasteiger partial charge in [0.25, 0.3) is 11.8 Å². The maximum atomic E-state index is 12.8. The fraction of sp³-hybridized carbons (Fsp3) is 0.500. The maximum absolute atomic E-state index is 12.8. The van der Waals surface area contributed by atoms with Crippen molar-refractivity contribution in [3.8, 4) is 0 Å². The summed E-state index contributed by atoms with van der Waals surface area (Å²) in [6, 6.07) is 10.6. The second-order valence-corrected chi connectivity index (χ2v) is 16.0. The molecule has 1 aliphatic carbocycles. The summed E-state index contributed by atoms with van der Waals surface area (Å²) >= 11 is 0. The first-order valence-electron chi connectivity index (χ1n) is 12.1. The first-order valence-corrected chi connectivity index (χ1v) is 15.8. The molecule has 1 saturated carbocycles. The van der Waals surface area contributed by atoms with Gasteiger partial charge in [0.15, 0.2) is 0 Å². The molecule has 0 radical (unpaired) electrons. The van der Waals surface area contributed by atoms with Gasteiger partial charge in [0, 0.05) is 26.6 Å². The first kappa shape index (κ1) is 23.6. The van der Waals surface area contributed by atoms with Gasteiger partial charge in [-0.15, -0.1) is 0 Å². The number of fused-ring (bicyclic) bond motifs is 1. The van der Waals surface area contributed by atoms with E-state index in [-0.39, 0.29) is 18.5 Å². The minimum absolute atomic E-state index is 0.0108. The molecule has 1 N–H and O–H groups in total. The van der Waals surface area contributed by atoms with Crippen molar-refractivity contribution in [2.24, 2.45) is 0 Å². The van der Waals surface area contributed by atoms with Crippen molar-refractivity contribution < 1.29 is 14.3 Å². The molecular formula is C26H35N3O3Si. The standard InChI is InChI=1S/C26H35N3O3Si/c1-33(2,3)14-13-32-18-29-25(30)23-12-11-21(15-24(23)26(29)31)28-17-22-10-9-20(16-27-22)19-7-5-4-6-8-19/h9-12,15-16,19,28H,4-8,13-14,17-18H2,1-3H3. The van der Waals surface area contributed by atoms with E-state index in [4.69, 9.17) is 4.74 Å². The Morgan fingerprint density at radius 1 is 1.03 bits per heavy atom. The van der Waals surface area contributed by atoms with Gasteiger partial charge in [-0.05, 0) is 54.6 Å². The summed E-state index contributed by atoms with van der Waals surface area (Å²) in [4.78, 5) is 31.3.